The summed E-state index contributed by atoms with van der Waals surface area (Å²) in [5.41, 5.74) is 5.45. The van der Waals surface area contributed by atoms with Gasteiger partial charge in [0, 0.05) is 6.61 Å². The molecule has 0 atom stereocenters. The second-order valence-corrected chi connectivity index (χ2v) is 7.17. The molecule has 0 unspecified atom stereocenters. The molecule has 0 aliphatic heterocycles. The standard InChI is InChI=1S/C16H37NOSi/c1-2-3-4-5-6-7-8-9-10-11-12-15-18-19-16-13-14-17/h2-17,19H2,1H3. The van der Waals surface area contributed by atoms with Crippen LogP contribution in [0.2, 0.25) is 6.04 Å². The fourth-order valence-electron chi connectivity index (χ4n) is 2.32. The molecule has 0 radical (unpaired) electrons. The lowest BCUT2D eigenvalue weighted by Gasteiger charge is -2.04. The van der Waals surface area contributed by atoms with Crippen molar-refractivity contribution in [2.45, 2.75) is 90.0 Å². The molecule has 0 aliphatic rings. The van der Waals surface area contributed by atoms with Gasteiger partial charge in [-0.1, -0.05) is 71.1 Å². The first-order chi connectivity index (χ1) is 9.41. The highest BCUT2D eigenvalue weighted by Crippen LogP contribution is 2.11. The van der Waals surface area contributed by atoms with Crippen LogP contribution in [0, 0.1) is 0 Å². The maximum Gasteiger partial charge on any atom is 0.161 e. The highest BCUT2D eigenvalue weighted by Gasteiger charge is 1.94. The third kappa shape index (κ3) is 18.1. The van der Waals surface area contributed by atoms with E-state index in [2.05, 4.69) is 6.92 Å². The van der Waals surface area contributed by atoms with Gasteiger partial charge in [0.15, 0.2) is 9.76 Å². The lowest BCUT2D eigenvalue weighted by Crippen LogP contribution is -2.04. The van der Waals surface area contributed by atoms with E-state index in [9.17, 15) is 0 Å². The van der Waals surface area contributed by atoms with E-state index in [1.54, 1.807) is 0 Å². The molecule has 0 heterocycles. The zero-order valence-corrected chi connectivity index (χ0v) is 14.7. The molecule has 0 aromatic carbocycles. The average molecular weight is 288 g/mol. The van der Waals surface area contributed by atoms with Crippen molar-refractivity contribution in [3.05, 3.63) is 0 Å². The Labute approximate surface area is 123 Å². The first-order valence-electron chi connectivity index (χ1n) is 8.69. The SMILES string of the molecule is CCCCCCCCCCCCCO[SiH2]CCCN. The predicted molar refractivity (Wildman–Crippen MR) is 89.4 cm³/mol. The summed E-state index contributed by atoms with van der Waals surface area (Å²) in [6, 6.07) is 1.26. The Bertz CT molecular complexity index is 140. The largest absolute Gasteiger partial charge is 0.424 e. The number of hydrogen-bond donors (Lipinski definition) is 1. The van der Waals surface area contributed by atoms with Crippen molar-refractivity contribution in [1.29, 1.82) is 0 Å². The van der Waals surface area contributed by atoms with Crippen molar-refractivity contribution in [2.75, 3.05) is 13.2 Å². The van der Waals surface area contributed by atoms with E-state index in [-0.39, 0.29) is 9.76 Å². The van der Waals surface area contributed by atoms with Gasteiger partial charge in [-0.25, -0.2) is 0 Å². The Morgan fingerprint density at radius 1 is 0.737 bits per heavy atom. The number of nitrogens with two attached hydrogens (primary N) is 1. The highest BCUT2D eigenvalue weighted by molar-refractivity contribution is 6.26. The minimum absolute atomic E-state index is 0.238. The van der Waals surface area contributed by atoms with E-state index in [1.807, 2.05) is 0 Å². The summed E-state index contributed by atoms with van der Waals surface area (Å²) in [7, 11) is -0.238. The molecule has 116 valence electrons. The van der Waals surface area contributed by atoms with Crippen LogP contribution in [0.15, 0.2) is 0 Å². The fourth-order valence-corrected chi connectivity index (χ4v) is 3.42. The molecule has 2 nitrogen and oxygen atoms in total. The van der Waals surface area contributed by atoms with Crippen LogP contribution in [-0.2, 0) is 4.43 Å². The molecule has 0 bridgehead atoms. The van der Waals surface area contributed by atoms with Crippen molar-refractivity contribution < 1.29 is 4.43 Å². The van der Waals surface area contributed by atoms with Crippen LogP contribution in [0.3, 0.4) is 0 Å². The number of hydrogen-bond acceptors (Lipinski definition) is 2. The highest BCUT2D eigenvalue weighted by atomic mass is 28.2. The lowest BCUT2D eigenvalue weighted by molar-refractivity contribution is 0.319. The summed E-state index contributed by atoms with van der Waals surface area (Å²) in [4.78, 5) is 0. The predicted octanol–water partition coefficient (Wildman–Crippen LogP) is 4.16. The molecule has 0 saturated carbocycles. The van der Waals surface area contributed by atoms with Crippen LogP contribution >= 0.6 is 0 Å². The Balaban J connectivity index is 2.88. The molecule has 19 heavy (non-hydrogen) atoms. The van der Waals surface area contributed by atoms with Crippen LogP contribution in [-0.4, -0.2) is 22.9 Å². The molecule has 0 amide bonds. The summed E-state index contributed by atoms with van der Waals surface area (Å²) in [6.45, 7) is 4.12. The van der Waals surface area contributed by atoms with Crippen molar-refractivity contribution in [2.24, 2.45) is 5.73 Å². The first-order valence-corrected chi connectivity index (χ1v) is 10.3. The Morgan fingerprint density at radius 3 is 1.79 bits per heavy atom. The van der Waals surface area contributed by atoms with Crippen molar-refractivity contribution in [3.63, 3.8) is 0 Å². The van der Waals surface area contributed by atoms with E-state index in [0.717, 1.165) is 19.6 Å². The zero-order valence-electron chi connectivity index (χ0n) is 13.3. The maximum absolute atomic E-state index is 5.70. The van der Waals surface area contributed by atoms with Gasteiger partial charge < -0.3 is 10.2 Å². The van der Waals surface area contributed by atoms with Crippen molar-refractivity contribution in [3.8, 4) is 0 Å². The van der Waals surface area contributed by atoms with E-state index in [0.29, 0.717) is 0 Å². The van der Waals surface area contributed by atoms with Gasteiger partial charge in [-0.3, -0.25) is 0 Å². The molecule has 0 aromatic rings. The molecule has 2 N–H and O–H groups in total. The van der Waals surface area contributed by atoms with Gasteiger partial charge in [0.1, 0.15) is 0 Å². The lowest BCUT2D eigenvalue weighted by atomic mass is 10.1. The van der Waals surface area contributed by atoms with E-state index >= 15 is 0 Å². The second-order valence-electron chi connectivity index (χ2n) is 5.64. The van der Waals surface area contributed by atoms with E-state index in [1.165, 1.54) is 76.7 Å². The van der Waals surface area contributed by atoms with Crippen LogP contribution < -0.4 is 5.73 Å². The van der Waals surface area contributed by atoms with Gasteiger partial charge in [0.05, 0.1) is 0 Å². The van der Waals surface area contributed by atoms with Gasteiger partial charge in [-0.05, 0) is 25.4 Å². The van der Waals surface area contributed by atoms with E-state index < -0.39 is 0 Å². The molecule has 0 aliphatic carbocycles. The molecule has 0 aromatic heterocycles. The molecule has 0 rings (SSSR count). The quantitative estimate of drug-likeness (QED) is 0.342. The Kier molecular flexibility index (Phi) is 18.3. The summed E-state index contributed by atoms with van der Waals surface area (Å²) in [5, 5.41) is 0. The summed E-state index contributed by atoms with van der Waals surface area (Å²) in [5.74, 6) is 0. The smallest absolute Gasteiger partial charge is 0.161 e. The Hall–Kier alpha value is 0.137. The minimum atomic E-state index is -0.238. The minimum Gasteiger partial charge on any atom is -0.424 e. The molecule has 0 fully saturated rings. The van der Waals surface area contributed by atoms with Crippen LogP contribution in [0.4, 0.5) is 0 Å². The second kappa shape index (κ2) is 18.1. The molecular formula is C16H37NOSi. The number of rotatable bonds is 16. The first kappa shape index (κ1) is 19.1. The molecular weight excluding hydrogens is 250 g/mol. The maximum atomic E-state index is 5.70. The van der Waals surface area contributed by atoms with Crippen LogP contribution in [0.25, 0.3) is 0 Å². The van der Waals surface area contributed by atoms with Crippen molar-refractivity contribution >= 4 is 9.76 Å². The van der Waals surface area contributed by atoms with E-state index in [4.69, 9.17) is 10.2 Å². The topological polar surface area (TPSA) is 35.2 Å². The Morgan fingerprint density at radius 2 is 1.26 bits per heavy atom. The summed E-state index contributed by atoms with van der Waals surface area (Å²) < 4.78 is 5.70. The molecule has 3 heteroatoms. The molecule has 0 spiro atoms. The normalized spacial score (nSPS) is 11.7. The third-order valence-electron chi connectivity index (χ3n) is 3.64. The van der Waals surface area contributed by atoms with Gasteiger partial charge >= 0.3 is 0 Å². The summed E-state index contributed by atoms with van der Waals surface area (Å²) in [6.07, 6.45) is 16.7. The summed E-state index contributed by atoms with van der Waals surface area (Å²) >= 11 is 0. The fraction of sp³-hybridized carbons (Fsp3) is 1.00. The third-order valence-corrected chi connectivity index (χ3v) is 5.00. The average Bonchev–Trinajstić information content (AvgIpc) is 2.43. The van der Waals surface area contributed by atoms with Gasteiger partial charge in [0.25, 0.3) is 0 Å². The van der Waals surface area contributed by atoms with Crippen LogP contribution in [0.5, 0.6) is 0 Å². The van der Waals surface area contributed by atoms with Crippen molar-refractivity contribution in [1.82, 2.24) is 0 Å². The van der Waals surface area contributed by atoms with Gasteiger partial charge in [-0.2, -0.15) is 0 Å². The monoisotopic (exact) mass is 287 g/mol. The van der Waals surface area contributed by atoms with Crippen LogP contribution in [0.1, 0.15) is 84.0 Å². The van der Waals surface area contributed by atoms with Gasteiger partial charge in [0.2, 0.25) is 0 Å². The number of unbranched alkanes of at least 4 members (excludes halogenated alkanes) is 10. The molecule has 0 saturated heterocycles. The van der Waals surface area contributed by atoms with Gasteiger partial charge in [-0.15, -0.1) is 0 Å². The zero-order chi connectivity index (χ0) is 14.0.